The number of carbonyl (C=O) groups is 2. The van der Waals surface area contributed by atoms with Crippen molar-refractivity contribution in [2.75, 3.05) is 19.8 Å². The van der Waals surface area contributed by atoms with Gasteiger partial charge in [0.1, 0.15) is 11.8 Å². The van der Waals surface area contributed by atoms with E-state index in [0.29, 0.717) is 13.0 Å². The van der Waals surface area contributed by atoms with Gasteiger partial charge in [0.2, 0.25) is 0 Å². The number of carbonyl (C=O) groups excluding carboxylic acids is 1. The van der Waals surface area contributed by atoms with E-state index in [4.69, 9.17) is 14.6 Å². The largest absolute Gasteiger partial charge is 0.478 e. The van der Waals surface area contributed by atoms with Crippen LogP contribution in [-0.2, 0) is 14.3 Å². The lowest BCUT2D eigenvalue weighted by Crippen LogP contribution is -2.42. The van der Waals surface area contributed by atoms with Gasteiger partial charge in [-0.15, -0.1) is 0 Å². The smallest absolute Gasteiger partial charge is 0.410 e. The lowest BCUT2D eigenvalue weighted by atomic mass is 10.2. The van der Waals surface area contributed by atoms with Crippen molar-refractivity contribution in [3.05, 3.63) is 11.6 Å². The van der Waals surface area contributed by atoms with Gasteiger partial charge in [0.25, 0.3) is 0 Å². The topological polar surface area (TPSA) is 76.1 Å². The van der Waals surface area contributed by atoms with Crippen LogP contribution in [0.4, 0.5) is 9.18 Å². The molecule has 6 nitrogen and oxygen atoms in total. The molecule has 0 saturated carbocycles. The van der Waals surface area contributed by atoms with Crippen LogP contribution in [0.25, 0.3) is 0 Å². The lowest BCUT2D eigenvalue weighted by molar-refractivity contribution is -0.132. The molecule has 0 bridgehead atoms. The Morgan fingerprint density at radius 1 is 1.39 bits per heavy atom. The number of aliphatic carboxylic acids is 1. The first kappa shape index (κ1) is 19.4. The molecule has 1 heterocycles. The highest BCUT2D eigenvalue weighted by atomic mass is 19.1. The van der Waals surface area contributed by atoms with E-state index in [0.717, 1.165) is 0 Å². The SMILES string of the molecule is CC(=CCCOC[C@@H]1C[C@H](F)CN1C(=O)OC(C)(C)C)C(=O)O. The molecule has 0 aliphatic carbocycles. The molecular formula is C16H26FNO5. The van der Waals surface area contributed by atoms with Gasteiger partial charge in [-0.3, -0.25) is 4.90 Å². The summed E-state index contributed by atoms with van der Waals surface area (Å²) in [5.41, 5.74) is -0.371. The van der Waals surface area contributed by atoms with Crippen molar-refractivity contribution in [1.29, 1.82) is 0 Å². The van der Waals surface area contributed by atoms with Gasteiger partial charge in [0.15, 0.2) is 0 Å². The van der Waals surface area contributed by atoms with Gasteiger partial charge in [0, 0.05) is 12.0 Å². The van der Waals surface area contributed by atoms with Crippen molar-refractivity contribution in [2.24, 2.45) is 0 Å². The Hall–Kier alpha value is -1.63. The van der Waals surface area contributed by atoms with Crippen LogP contribution < -0.4 is 0 Å². The molecule has 7 heteroatoms. The van der Waals surface area contributed by atoms with Crippen molar-refractivity contribution in [2.45, 2.75) is 58.4 Å². The van der Waals surface area contributed by atoms with Crippen LogP contribution in [0.15, 0.2) is 11.6 Å². The van der Waals surface area contributed by atoms with E-state index < -0.39 is 23.8 Å². The van der Waals surface area contributed by atoms with E-state index in [2.05, 4.69) is 0 Å². The molecule has 1 fully saturated rings. The average molecular weight is 331 g/mol. The van der Waals surface area contributed by atoms with Gasteiger partial charge < -0.3 is 14.6 Å². The molecule has 1 saturated heterocycles. The number of rotatable bonds is 6. The Balaban J connectivity index is 2.43. The highest BCUT2D eigenvalue weighted by Gasteiger charge is 2.37. The van der Waals surface area contributed by atoms with E-state index in [1.54, 1.807) is 26.8 Å². The monoisotopic (exact) mass is 331 g/mol. The summed E-state index contributed by atoms with van der Waals surface area (Å²) in [6, 6.07) is -0.357. The molecule has 2 atom stereocenters. The van der Waals surface area contributed by atoms with Crippen LogP contribution in [0.2, 0.25) is 0 Å². The number of alkyl halides is 1. The molecule has 1 rings (SSSR count). The van der Waals surface area contributed by atoms with E-state index in [-0.39, 0.29) is 31.2 Å². The second-order valence-electron chi connectivity index (χ2n) is 6.68. The predicted molar refractivity (Wildman–Crippen MR) is 83.1 cm³/mol. The molecular weight excluding hydrogens is 305 g/mol. The second-order valence-corrected chi connectivity index (χ2v) is 6.68. The molecule has 0 aromatic heterocycles. The van der Waals surface area contributed by atoms with E-state index in [1.807, 2.05) is 0 Å². The molecule has 1 aliphatic rings. The Morgan fingerprint density at radius 2 is 2.04 bits per heavy atom. The number of hydrogen-bond acceptors (Lipinski definition) is 4. The first-order chi connectivity index (χ1) is 10.6. The van der Waals surface area contributed by atoms with E-state index in [1.165, 1.54) is 11.8 Å². The molecule has 0 radical (unpaired) electrons. The minimum absolute atomic E-state index is 0.0148. The zero-order valence-electron chi connectivity index (χ0n) is 14.2. The summed E-state index contributed by atoms with van der Waals surface area (Å²) in [7, 11) is 0. The average Bonchev–Trinajstić information content (AvgIpc) is 2.77. The van der Waals surface area contributed by atoms with Crippen LogP contribution in [0, 0.1) is 0 Å². The molecule has 1 aliphatic heterocycles. The standard InChI is InChI=1S/C16H26FNO5/c1-11(14(19)20)6-5-7-22-10-13-8-12(17)9-18(13)15(21)23-16(2,3)4/h6,12-13H,5,7-10H2,1-4H3,(H,19,20)/t12-,13-/m0/s1. The third-order valence-corrected chi connectivity index (χ3v) is 3.35. The fourth-order valence-corrected chi connectivity index (χ4v) is 2.23. The number of carboxylic acid groups (broad SMARTS) is 1. The maximum absolute atomic E-state index is 13.6. The van der Waals surface area contributed by atoms with E-state index in [9.17, 15) is 14.0 Å². The molecule has 23 heavy (non-hydrogen) atoms. The molecule has 0 unspecified atom stereocenters. The van der Waals surface area contributed by atoms with Crippen LogP contribution in [0.3, 0.4) is 0 Å². The molecule has 0 spiro atoms. The van der Waals surface area contributed by atoms with Gasteiger partial charge in [-0.1, -0.05) is 6.08 Å². The lowest BCUT2D eigenvalue weighted by Gasteiger charge is -2.28. The summed E-state index contributed by atoms with van der Waals surface area (Å²) in [5.74, 6) is -0.961. The highest BCUT2D eigenvalue weighted by Crippen LogP contribution is 2.23. The van der Waals surface area contributed by atoms with Crippen LogP contribution in [0.1, 0.15) is 40.5 Å². The number of amides is 1. The molecule has 1 amide bonds. The van der Waals surface area contributed by atoms with Crippen molar-refractivity contribution in [1.82, 2.24) is 4.90 Å². The fourth-order valence-electron chi connectivity index (χ4n) is 2.23. The van der Waals surface area contributed by atoms with E-state index >= 15 is 0 Å². The molecule has 1 N–H and O–H groups in total. The zero-order chi connectivity index (χ0) is 17.6. The third-order valence-electron chi connectivity index (χ3n) is 3.35. The van der Waals surface area contributed by atoms with Crippen molar-refractivity contribution in [3.63, 3.8) is 0 Å². The number of hydrogen-bond donors (Lipinski definition) is 1. The first-order valence-corrected chi connectivity index (χ1v) is 7.71. The summed E-state index contributed by atoms with van der Waals surface area (Å²) in [4.78, 5) is 24.1. The minimum atomic E-state index is -1.08. The number of halogens is 1. The fraction of sp³-hybridized carbons (Fsp3) is 0.750. The first-order valence-electron chi connectivity index (χ1n) is 7.71. The maximum atomic E-state index is 13.6. The molecule has 132 valence electrons. The number of carboxylic acids is 1. The Labute approximate surface area is 136 Å². The second kappa shape index (κ2) is 8.29. The predicted octanol–water partition coefficient (Wildman–Crippen LogP) is 2.77. The third kappa shape index (κ3) is 6.99. The van der Waals surface area contributed by atoms with Gasteiger partial charge in [-0.05, 0) is 34.1 Å². The number of likely N-dealkylation sites (tertiary alicyclic amines) is 1. The number of ether oxygens (including phenoxy) is 2. The summed E-state index contributed by atoms with van der Waals surface area (Å²) in [5, 5.41) is 8.72. The molecule has 0 aromatic carbocycles. The van der Waals surface area contributed by atoms with Crippen molar-refractivity contribution in [3.8, 4) is 0 Å². The Bertz CT molecular complexity index is 458. The van der Waals surface area contributed by atoms with Crippen LogP contribution >= 0.6 is 0 Å². The van der Waals surface area contributed by atoms with Gasteiger partial charge >= 0.3 is 12.1 Å². The summed E-state index contributed by atoms with van der Waals surface area (Å²) in [6.45, 7) is 7.33. The summed E-state index contributed by atoms with van der Waals surface area (Å²) in [6.07, 6.45) is 0.637. The van der Waals surface area contributed by atoms with Gasteiger partial charge in [-0.25, -0.2) is 14.0 Å². The quantitative estimate of drug-likeness (QED) is 0.598. The van der Waals surface area contributed by atoms with Gasteiger partial charge in [-0.2, -0.15) is 0 Å². The highest BCUT2D eigenvalue weighted by molar-refractivity contribution is 5.85. The van der Waals surface area contributed by atoms with Crippen LogP contribution in [-0.4, -0.2) is 59.6 Å². The Morgan fingerprint density at radius 3 is 2.61 bits per heavy atom. The summed E-state index contributed by atoms with van der Waals surface area (Å²) >= 11 is 0. The molecule has 0 aromatic rings. The maximum Gasteiger partial charge on any atom is 0.410 e. The normalized spacial score (nSPS) is 22.3. The van der Waals surface area contributed by atoms with Crippen LogP contribution in [0.5, 0.6) is 0 Å². The Kier molecular flexibility index (Phi) is 7.00. The minimum Gasteiger partial charge on any atom is -0.478 e. The summed E-state index contributed by atoms with van der Waals surface area (Å²) < 4.78 is 24.3. The van der Waals surface area contributed by atoms with Gasteiger partial charge in [0.05, 0.1) is 25.8 Å². The number of nitrogens with zero attached hydrogens (tertiary/aromatic N) is 1. The van der Waals surface area contributed by atoms with Crippen molar-refractivity contribution < 1.29 is 28.6 Å². The van der Waals surface area contributed by atoms with Crippen molar-refractivity contribution >= 4 is 12.1 Å². The zero-order valence-corrected chi connectivity index (χ0v) is 14.2.